The molecule has 6 heteroatoms. The normalized spacial score (nSPS) is 13.6. The van der Waals surface area contributed by atoms with Crippen LogP contribution in [0.1, 0.15) is 0 Å². The summed E-state index contributed by atoms with van der Waals surface area (Å²) >= 11 is 0. The average molecular weight is 168 g/mol. The minimum Gasteiger partial charge on any atom is -0.352 e. The Morgan fingerprint density at radius 1 is 1.67 bits per heavy atom. The highest BCUT2D eigenvalue weighted by Gasteiger charge is 2.21. The number of carbonyl (C=O) groups is 2. The second-order valence-corrected chi connectivity index (χ2v) is 1.90. The average Bonchev–Trinajstić information content (AvgIpc) is 2.04. The number of amides is 2. The molecule has 0 aromatic carbocycles. The fourth-order valence-corrected chi connectivity index (χ4v) is 0.529. The second-order valence-electron chi connectivity index (χ2n) is 1.90. The Morgan fingerprint density at radius 2 is 2.25 bits per heavy atom. The van der Waals surface area contributed by atoms with Gasteiger partial charge in [0.1, 0.15) is 18.2 Å². The molecule has 0 fully saturated rings. The predicted octanol–water partition coefficient (Wildman–Crippen LogP) is -1.53. The van der Waals surface area contributed by atoms with Gasteiger partial charge in [0, 0.05) is 0 Å². The highest BCUT2D eigenvalue weighted by Crippen LogP contribution is 1.95. The van der Waals surface area contributed by atoms with Crippen molar-refractivity contribution in [2.45, 2.75) is 6.04 Å². The molecule has 0 aliphatic heterocycles. The van der Waals surface area contributed by atoms with Crippen LogP contribution in [0.5, 0.6) is 0 Å². The molecule has 12 heavy (non-hydrogen) atoms. The monoisotopic (exact) mass is 168 g/mol. The topological polar surface area (TPSA) is 113 Å². The van der Waals surface area contributed by atoms with E-state index in [4.69, 9.17) is 5.26 Å². The highest BCUT2D eigenvalue weighted by atomic mass is 16.2. The van der Waals surface area contributed by atoms with Crippen molar-refractivity contribution in [2.24, 2.45) is 11.7 Å². The number of nitrogens with zero attached hydrogens (tertiary/aromatic N) is 1. The summed E-state index contributed by atoms with van der Waals surface area (Å²) in [6, 6.07) is -0.761. The zero-order valence-corrected chi connectivity index (χ0v) is 5.98. The Kier molecular flexibility index (Phi) is 4.08. The van der Waals surface area contributed by atoms with Crippen LogP contribution in [0, 0.1) is 17.2 Å². The fourth-order valence-electron chi connectivity index (χ4n) is 0.529. The van der Waals surface area contributed by atoms with Crippen molar-refractivity contribution < 1.29 is 14.4 Å². The first-order valence-corrected chi connectivity index (χ1v) is 2.94. The van der Waals surface area contributed by atoms with Crippen molar-refractivity contribution in [3.05, 3.63) is 0 Å². The molecule has 0 rings (SSSR count). The zero-order valence-electron chi connectivity index (χ0n) is 5.98. The van der Waals surface area contributed by atoms with Gasteiger partial charge in [0.05, 0.1) is 6.07 Å². The first kappa shape index (κ1) is 10.1. The van der Waals surface area contributed by atoms with Crippen LogP contribution in [0.4, 0.5) is 4.79 Å². The number of primary amides is 1. The number of rotatable bonds is 4. The fraction of sp³-hybridized carbons (Fsp3) is 0.333. The van der Waals surface area contributed by atoms with Gasteiger partial charge in [-0.3, -0.25) is 4.79 Å². The number of nitrogens with one attached hydrogen (secondary N) is 1. The molecule has 1 radical (unpaired) electrons. The van der Waals surface area contributed by atoms with Crippen LogP contribution in [-0.4, -0.2) is 24.6 Å². The van der Waals surface area contributed by atoms with Crippen LogP contribution < -0.4 is 11.1 Å². The molecule has 0 saturated heterocycles. The lowest BCUT2D eigenvalue weighted by molar-refractivity contribution is -0.109. The largest absolute Gasteiger partial charge is 0.352 e. The summed E-state index contributed by atoms with van der Waals surface area (Å²) in [5, 5.41) is 10.2. The molecule has 0 heterocycles. The predicted molar refractivity (Wildman–Crippen MR) is 37.4 cm³/mol. The maximum absolute atomic E-state index is 10.2. The summed E-state index contributed by atoms with van der Waals surface area (Å²) < 4.78 is 0. The van der Waals surface area contributed by atoms with Crippen molar-refractivity contribution >= 4 is 18.6 Å². The highest BCUT2D eigenvalue weighted by molar-refractivity contribution is 5.79. The quantitative estimate of drug-likeness (QED) is 0.495. The van der Waals surface area contributed by atoms with E-state index in [0.717, 1.165) is 0 Å². The van der Waals surface area contributed by atoms with Crippen LogP contribution in [0.25, 0.3) is 0 Å². The Balaban J connectivity index is 4.33. The van der Waals surface area contributed by atoms with Crippen LogP contribution in [0.15, 0.2) is 0 Å². The van der Waals surface area contributed by atoms with Crippen LogP contribution in [-0.2, 0) is 9.59 Å². The first-order valence-electron chi connectivity index (χ1n) is 2.94. The molecule has 0 bridgehead atoms. The van der Waals surface area contributed by atoms with Gasteiger partial charge in [-0.25, -0.2) is 4.79 Å². The molecule has 6 nitrogen and oxygen atoms in total. The Hall–Kier alpha value is -1.90. The third-order valence-electron chi connectivity index (χ3n) is 1.08. The molecule has 2 unspecified atom stereocenters. The van der Waals surface area contributed by atoms with Crippen molar-refractivity contribution in [3.63, 3.8) is 0 Å². The van der Waals surface area contributed by atoms with Gasteiger partial charge in [-0.05, 0) is 0 Å². The third kappa shape index (κ3) is 2.79. The second kappa shape index (κ2) is 4.85. The maximum Gasteiger partial charge on any atom is 0.312 e. The van der Waals surface area contributed by atoms with E-state index in [-0.39, 0.29) is 6.29 Å². The minimum atomic E-state index is -1.29. The molecule has 0 aliphatic carbocycles. The van der Waals surface area contributed by atoms with E-state index in [0.29, 0.717) is 0 Å². The number of nitrogens with two attached hydrogens (primary N) is 1. The lowest BCUT2D eigenvalue weighted by atomic mass is 10.1. The molecule has 63 valence electrons. The van der Waals surface area contributed by atoms with Crippen molar-refractivity contribution in [2.75, 3.05) is 0 Å². The Labute approximate surface area is 68.3 Å². The SMILES string of the molecule is N#CC(C=O)C([C]=O)NC(N)=O. The number of aldehydes is 1. The zero-order chi connectivity index (χ0) is 9.56. The Bertz CT molecular complexity index is 233. The van der Waals surface area contributed by atoms with E-state index in [1.54, 1.807) is 0 Å². The van der Waals surface area contributed by atoms with E-state index in [9.17, 15) is 14.4 Å². The molecule has 0 aromatic heterocycles. The number of hydrogen-bond acceptors (Lipinski definition) is 4. The number of nitriles is 1. The number of carbonyl (C=O) groups excluding carboxylic acids is 3. The summed E-state index contributed by atoms with van der Waals surface area (Å²) in [7, 11) is 0. The molecular formula is C6H6N3O3. The first-order chi connectivity index (χ1) is 5.65. The standard InChI is InChI=1S/C6H6N3O3/c7-1-4(2-10)5(3-11)9-6(8)12/h2,4-5H,(H3,8,9,12). The molecule has 0 aliphatic rings. The Morgan fingerprint density at radius 3 is 2.50 bits per heavy atom. The minimum absolute atomic E-state index is 0.242. The number of urea groups is 1. The lowest BCUT2D eigenvalue weighted by Crippen LogP contribution is -2.44. The molecule has 0 aromatic rings. The van der Waals surface area contributed by atoms with E-state index in [1.807, 2.05) is 5.32 Å². The maximum atomic E-state index is 10.2. The van der Waals surface area contributed by atoms with Gasteiger partial charge in [0.25, 0.3) is 0 Å². The molecule has 0 spiro atoms. The van der Waals surface area contributed by atoms with Gasteiger partial charge in [-0.2, -0.15) is 5.26 Å². The summed E-state index contributed by atoms with van der Waals surface area (Å²) in [6.07, 6.45) is 1.56. The van der Waals surface area contributed by atoms with Crippen LogP contribution in [0.3, 0.4) is 0 Å². The van der Waals surface area contributed by atoms with Gasteiger partial charge in [-0.1, -0.05) is 0 Å². The molecule has 0 saturated carbocycles. The summed E-state index contributed by atoms with van der Waals surface area (Å²) in [5.41, 5.74) is 4.66. The van der Waals surface area contributed by atoms with Crippen molar-refractivity contribution in [1.82, 2.24) is 5.32 Å². The molecule has 2 amide bonds. The molecular weight excluding hydrogens is 162 g/mol. The van der Waals surface area contributed by atoms with Gasteiger partial charge in [-0.15, -0.1) is 0 Å². The molecule has 3 N–H and O–H groups in total. The van der Waals surface area contributed by atoms with Crippen LogP contribution in [0.2, 0.25) is 0 Å². The van der Waals surface area contributed by atoms with Crippen LogP contribution >= 0.6 is 0 Å². The number of hydrogen-bond donors (Lipinski definition) is 2. The lowest BCUT2D eigenvalue weighted by Gasteiger charge is -2.09. The smallest absolute Gasteiger partial charge is 0.312 e. The van der Waals surface area contributed by atoms with Crippen molar-refractivity contribution in [1.29, 1.82) is 5.26 Å². The summed E-state index contributed by atoms with van der Waals surface area (Å²) in [6.45, 7) is 0. The van der Waals surface area contributed by atoms with Crippen molar-refractivity contribution in [3.8, 4) is 6.07 Å². The van der Waals surface area contributed by atoms with E-state index >= 15 is 0 Å². The van der Waals surface area contributed by atoms with E-state index in [2.05, 4.69) is 5.73 Å². The van der Waals surface area contributed by atoms with E-state index in [1.165, 1.54) is 12.4 Å². The summed E-state index contributed by atoms with van der Waals surface area (Å²) in [4.78, 5) is 30.4. The van der Waals surface area contributed by atoms with Gasteiger partial charge < -0.3 is 15.8 Å². The summed E-state index contributed by atoms with van der Waals surface area (Å²) in [5.74, 6) is -1.24. The van der Waals surface area contributed by atoms with E-state index < -0.39 is 18.0 Å². The van der Waals surface area contributed by atoms with Gasteiger partial charge >= 0.3 is 6.03 Å². The molecule has 2 atom stereocenters. The van der Waals surface area contributed by atoms with Gasteiger partial charge in [0.2, 0.25) is 6.29 Å². The van der Waals surface area contributed by atoms with Gasteiger partial charge in [0.15, 0.2) is 0 Å². The third-order valence-corrected chi connectivity index (χ3v) is 1.08.